The molecular weight excluding hydrogens is 314 g/mol. The molecule has 2 aromatic heterocycles. The minimum Gasteiger partial charge on any atom is -0.369 e. The number of nitrogens with two attached hydrogens (primary N) is 1. The van der Waals surface area contributed by atoms with E-state index in [-0.39, 0.29) is 5.95 Å². The van der Waals surface area contributed by atoms with E-state index in [0.717, 1.165) is 25.3 Å². The predicted molar refractivity (Wildman–Crippen MR) is 99.0 cm³/mol. The molecule has 1 aliphatic heterocycles. The average molecular weight is 335 g/mol. The first-order valence-corrected chi connectivity index (χ1v) is 8.40. The molecule has 1 aromatic carbocycles. The van der Waals surface area contributed by atoms with Crippen LogP contribution in [-0.4, -0.2) is 38.9 Å². The smallest absolute Gasteiger partial charge is 0.224 e. The SMILES string of the molecule is Cc1ccc(N2CCC(Nc3cc(-n4cccn4)nc(N)n3)C2)cc1. The summed E-state index contributed by atoms with van der Waals surface area (Å²) >= 11 is 0. The molecule has 4 rings (SSSR count). The Kier molecular flexibility index (Phi) is 3.97. The number of benzene rings is 1. The van der Waals surface area contributed by atoms with Gasteiger partial charge in [-0.2, -0.15) is 15.1 Å². The van der Waals surface area contributed by atoms with E-state index in [0.29, 0.717) is 11.9 Å². The van der Waals surface area contributed by atoms with Crippen molar-refractivity contribution in [2.24, 2.45) is 0 Å². The molecule has 0 aliphatic carbocycles. The number of hydrogen-bond acceptors (Lipinski definition) is 6. The number of aromatic nitrogens is 4. The molecule has 1 saturated heterocycles. The predicted octanol–water partition coefficient (Wildman–Crippen LogP) is 2.24. The number of nitrogens with zero attached hydrogens (tertiary/aromatic N) is 5. The van der Waals surface area contributed by atoms with Gasteiger partial charge >= 0.3 is 0 Å². The highest BCUT2D eigenvalue weighted by atomic mass is 15.3. The van der Waals surface area contributed by atoms with Crippen LogP contribution < -0.4 is 16.0 Å². The molecule has 3 N–H and O–H groups in total. The van der Waals surface area contributed by atoms with Crippen molar-refractivity contribution in [2.75, 3.05) is 29.0 Å². The summed E-state index contributed by atoms with van der Waals surface area (Å²) in [5.74, 6) is 1.63. The third kappa shape index (κ3) is 3.40. The Morgan fingerprint density at radius 1 is 1.20 bits per heavy atom. The van der Waals surface area contributed by atoms with Crippen molar-refractivity contribution in [2.45, 2.75) is 19.4 Å². The summed E-state index contributed by atoms with van der Waals surface area (Å²) in [7, 11) is 0. The zero-order chi connectivity index (χ0) is 17.2. The second-order valence-electron chi connectivity index (χ2n) is 6.33. The van der Waals surface area contributed by atoms with Gasteiger partial charge in [0.25, 0.3) is 0 Å². The molecule has 0 spiro atoms. The van der Waals surface area contributed by atoms with Crippen LogP contribution in [0.25, 0.3) is 5.82 Å². The Labute approximate surface area is 146 Å². The fourth-order valence-corrected chi connectivity index (χ4v) is 3.13. The molecule has 3 aromatic rings. The van der Waals surface area contributed by atoms with E-state index in [2.05, 4.69) is 56.5 Å². The van der Waals surface area contributed by atoms with Gasteiger partial charge in [0.15, 0.2) is 5.82 Å². The number of anilines is 3. The van der Waals surface area contributed by atoms with Gasteiger partial charge < -0.3 is 16.0 Å². The summed E-state index contributed by atoms with van der Waals surface area (Å²) in [5.41, 5.74) is 8.40. The lowest BCUT2D eigenvalue weighted by Gasteiger charge is -2.19. The zero-order valence-corrected chi connectivity index (χ0v) is 14.1. The van der Waals surface area contributed by atoms with Crippen LogP contribution in [0.15, 0.2) is 48.8 Å². The first-order chi connectivity index (χ1) is 12.2. The minimum absolute atomic E-state index is 0.240. The molecule has 0 saturated carbocycles. The highest BCUT2D eigenvalue weighted by Gasteiger charge is 2.23. The lowest BCUT2D eigenvalue weighted by Crippen LogP contribution is -2.26. The Hall–Kier alpha value is -3.09. The summed E-state index contributed by atoms with van der Waals surface area (Å²) < 4.78 is 1.68. The van der Waals surface area contributed by atoms with Crippen LogP contribution >= 0.6 is 0 Å². The molecule has 1 fully saturated rings. The molecule has 0 bridgehead atoms. The number of rotatable bonds is 4. The molecular formula is C18H21N7. The van der Waals surface area contributed by atoms with Crippen LogP contribution in [-0.2, 0) is 0 Å². The topological polar surface area (TPSA) is 84.9 Å². The molecule has 7 nitrogen and oxygen atoms in total. The van der Waals surface area contributed by atoms with Crippen molar-refractivity contribution in [3.05, 3.63) is 54.4 Å². The minimum atomic E-state index is 0.240. The maximum absolute atomic E-state index is 5.86. The van der Waals surface area contributed by atoms with Gasteiger partial charge in [-0.3, -0.25) is 0 Å². The van der Waals surface area contributed by atoms with Gasteiger partial charge in [-0.05, 0) is 31.5 Å². The van der Waals surface area contributed by atoms with Crippen LogP contribution in [0.1, 0.15) is 12.0 Å². The highest BCUT2D eigenvalue weighted by Crippen LogP contribution is 2.23. The van der Waals surface area contributed by atoms with Crippen molar-refractivity contribution < 1.29 is 0 Å². The summed E-state index contributed by atoms with van der Waals surface area (Å²) in [6.45, 7) is 4.06. The molecule has 1 aliphatic rings. The van der Waals surface area contributed by atoms with Crippen molar-refractivity contribution in [3.8, 4) is 5.82 Å². The highest BCUT2D eigenvalue weighted by molar-refractivity contribution is 5.51. The Balaban J connectivity index is 1.47. The van der Waals surface area contributed by atoms with E-state index in [9.17, 15) is 0 Å². The van der Waals surface area contributed by atoms with Gasteiger partial charge in [0.1, 0.15) is 5.82 Å². The van der Waals surface area contributed by atoms with Gasteiger partial charge in [0, 0.05) is 43.3 Å². The van der Waals surface area contributed by atoms with E-state index >= 15 is 0 Å². The molecule has 7 heteroatoms. The van der Waals surface area contributed by atoms with Crippen molar-refractivity contribution >= 4 is 17.5 Å². The second-order valence-corrected chi connectivity index (χ2v) is 6.33. The average Bonchev–Trinajstić information content (AvgIpc) is 3.27. The molecule has 128 valence electrons. The third-order valence-electron chi connectivity index (χ3n) is 4.41. The van der Waals surface area contributed by atoms with Crippen molar-refractivity contribution in [3.63, 3.8) is 0 Å². The van der Waals surface area contributed by atoms with E-state index in [1.54, 1.807) is 10.9 Å². The zero-order valence-electron chi connectivity index (χ0n) is 14.1. The van der Waals surface area contributed by atoms with Crippen LogP contribution in [0.5, 0.6) is 0 Å². The molecule has 1 atom stereocenters. The Morgan fingerprint density at radius 3 is 2.80 bits per heavy atom. The van der Waals surface area contributed by atoms with E-state index in [4.69, 9.17) is 5.73 Å². The van der Waals surface area contributed by atoms with E-state index in [1.807, 2.05) is 18.3 Å². The van der Waals surface area contributed by atoms with Crippen LogP contribution in [0.2, 0.25) is 0 Å². The number of nitrogens with one attached hydrogen (secondary N) is 1. The first-order valence-electron chi connectivity index (χ1n) is 8.40. The summed E-state index contributed by atoms with van der Waals surface area (Å²) in [4.78, 5) is 10.9. The number of aryl methyl sites for hydroxylation is 1. The quantitative estimate of drug-likeness (QED) is 0.761. The number of hydrogen-bond donors (Lipinski definition) is 2. The summed E-state index contributed by atoms with van der Waals surface area (Å²) in [5, 5.41) is 7.68. The van der Waals surface area contributed by atoms with Crippen molar-refractivity contribution in [1.82, 2.24) is 19.7 Å². The Morgan fingerprint density at radius 2 is 2.04 bits per heavy atom. The lowest BCUT2D eigenvalue weighted by molar-refractivity contribution is 0.794. The monoisotopic (exact) mass is 335 g/mol. The Bertz CT molecular complexity index is 842. The summed E-state index contributed by atoms with van der Waals surface area (Å²) in [6.07, 6.45) is 4.59. The molecule has 1 unspecified atom stereocenters. The maximum atomic E-state index is 5.86. The molecule has 0 amide bonds. The van der Waals surface area contributed by atoms with Gasteiger partial charge in [-0.15, -0.1) is 0 Å². The van der Waals surface area contributed by atoms with Gasteiger partial charge in [0.05, 0.1) is 0 Å². The molecule has 0 radical (unpaired) electrons. The third-order valence-corrected chi connectivity index (χ3v) is 4.41. The normalized spacial score (nSPS) is 17.0. The largest absolute Gasteiger partial charge is 0.369 e. The van der Waals surface area contributed by atoms with E-state index in [1.165, 1.54) is 11.3 Å². The van der Waals surface area contributed by atoms with Crippen LogP contribution in [0.4, 0.5) is 17.5 Å². The standard InChI is InChI=1S/C18H21N7/c1-13-3-5-15(6-4-13)24-10-7-14(12-24)21-16-11-17(23-18(19)22-16)25-9-2-8-20-25/h2-6,8-9,11,14H,7,10,12H2,1H3,(H3,19,21,22,23). The molecule has 3 heterocycles. The van der Waals surface area contributed by atoms with Crippen LogP contribution in [0, 0.1) is 6.92 Å². The lowest BCUT2D eigenvalue weighted by atomic mass is 10.2. The van der Waals surface area contributed by atoms with Gasteiger partial charge in [-0.25, -0.2) is 4.68 Å². The summed E-state index contributed by atoms with van der Waals surface area (Å²) in [6, 6.07) is 12.7. The van der Waals surface area contributed by atoms with Crippen molar-refractivity contribution in [1.29, 1.82) is 0 Å². The fourth-order valence-electron chi connectivity index (χ4n) is 3.13. The maximum Gasteiger partial charge on any atom is 0.224 e. The number of nitrogen functional groups attached to an aromatic ring is 1. The fraction of sp³-hybridized carbons (Fsp3) is 0.278. The molecule has 25 heavy (non-hydrogen) atoms. The van der Waals surface area contributed by atoms with Gasteiger partial charge in [0.2, 0.25) is 5.95 Å². The van der Waals surface area contributed by atoms with E-state index < -0.39 is 0 Å². The van der Waals surface area contributed by atoms with Crippen LogP contribution in [0.3, 0.4) is 0 Å². The van der Waals surface area contributed by atoms with Gasteiger partial charge in [-0.1, -0.05) is 17.7 Å². The first kappa shape index (κ1) is 15.4. The second kappa shape index (κ2) is 6.43.